The van der Waals surface area contributed by atoms with Gasteiger partial charge in [-0.1, -0.05) is 0 Å². The molecule has 94 valence electrons. The second-order valence-electron chi connectivity index (χ2n) is 4.39. The molecule has 0 unspecified atom stereocenters. The SMILES string of the molecule is Cc1sc(Br)cc1-c1cn2ccc3occc3c2n1. The van der Waals surface area contributed by atoms with Crippen molar-refractivity contribution in [3.8, 4) is 11.3 Å². The molecular formula is C14H9BrN2OS. The zero-order valence-electron chi connectivity index (χ0n) is 10.1. The number of hydrogen-bond acceptors (Lipinski definition) is 3. The van der Waals surface area contributed by atoms with Crippen LogP contribution in [0.25, 0.3) is 27.9 Å². The smallest absolute Gasteiger partial charge is 0.148 e. The van der Waals surface area contributed by atoms with Gasteiger partial charge in [-0.3, -0.25) is 0 Å². The lowest BCUT2D eigenvalue weighted by molar-refractivity contribution is 0.615. The summed E-state index contributed by atoms with van der Waals surface area (Å²) in [6.45, 7) is 2.11. The van der Waals surface area contributed by atoms with E-state index in [1.54, 1.807) is 17.6 Å². The largest absolute Gasteiger partial charge is 0.464 e. The van der Waals surface area contributed by atoms with Crippen molar-refractivity contribution in [2.45, 2.75) is 6.92 Å². The Morgan fingerprint density at radius 2 is 2.26 bits per heavy atom. The van der Waals surface area contributed by atoms with Crippen molar-refractivity contribution in [2.24, 2.45) is 0 Å². The summed E-state index contributed by atoms with van der Waals surface area (Å²) in [5, 5.41) is 1.04. The second-order valence-corrected chi connectivity index (χ2v) is 7.03. The van der Waals surface area contributed by atoms with Gasteiger partial charge in [0, 0.05) is 22.8 Å². The first-order chi connectivity index (χ1) is 9.22. The highest BCUT2D eigenvalue weighted by atomic mass is 79.9. The van der Waals surface area contributed by atoms with Crippen LogP contribution >= 0.6 is 27.3 Å². The van der Waals surface area contributed by atoms with Crippen LogP contribution in [0.2, 0.25) is 0 Å². The van der Waals surface area contributed by atoms with Gasteiger partial charge >= 0.3 is 0 Å². The van der Waals surface area contributed by atoms with Gasteiger partial charge in [0.1, 0.15) is 11.2 Å². The minimum Gasteiger partial charge on any atom is -0.464 e. The molecule has 5 heteroatoms. The summed E-state index contributed by atoms with van der Waals surface area (Å²) < 4.78 is 8.58. The summed E-state index contributed by atoms with van der Waals surface area (Å²) in [7, 11) is 0. The van der Waals surface area contributed by atoms with Crippen molar-refractivity contribution in [3.05, 3.63) is 45.5 Å². The van der Waals surface area contributed by atoms with E-state index in [1.807, 2.05) is 22.7 Å². The minimum atomic E-state index is 0.868. The van der Waals surface area contributed by atoms with Gasteiger partial charge in [0.2, 0.25) is 0 Å². The minimum absolute atomic E-state index is 0.868. The van der Waals surface area contributed by atoms with Crippen molar-refractivity contribution in [1.29, 1.82) is 0 Å². The molecule has 0 aliphatic heterocycles. The summed E-state index contributed by atoms with van der Waals surface area (Å²) in [6, 6.07) is 6.04. The molecule has 3 nitrogen and oxygen atoms in total. The third kappa shape index (κ3) is 1.65. The molecule has 4 heterocycles. The van der Waals surface area contributed by atoms with Crippen molar-refractivity contribution in [1.82, 2.24) is 9.38 Å². The van der Waals surface area contributed by atoms with Crippen molar-refractivity contribution < 1.29 is 4.42 Å². The maximum atomic E-state index is 5.41. The highest BCUT2D eigenvalue weighted by Crippen LogP contribution is 2.34. The van der Waals surface area contributed by atoms with Crippen LogP contribution in [0.1, 0.15) is 4.88 Å². The van der Waals surface area contributed by atoms with Crippen LogP contribution in [0, 0.1) is 6.92 Å². The quantitative estimate of drug-likeness (QED) is 0.497. The Morgan fingerprint density at radius 1 is 1.37 bits per heavy atom. The van der Waals surface area contributed by atoms with Gasteiger partial charge in [0.25, 0.3) is 0 Å². The molecular weight excluding hydrogens is 324 g/mol. The molecule has 0 spiro atoms. The van der Waals surface area contributed by atoms with E-state index >= 15 is 0 Å². The molecule has 0 saturated carbocycles. The van der Waals surface area contributed by atoms with Crippen LogP contribution in [0.15, 0.2) is 45.1 Å². The number of thiophene rings is 1. The summed E-state index contributed by atoms with van der Waals surface area (Å²) in [5.74, 6) is 0. The fourth-order valence-corrected chi connectivity index (χ4v) is 4.02. The third-order valence-corrected chi connectivity index (χ3v) is 4.77. The Bertz CT molecular complexity index is 903. The number of hydrogen-bond donors (Lipinski definition) is 0. The predicted octanol–water partition coefficient (Wildman–Crippen LogP) is 4.88. The van der Waals surface area contributed by atoms with Gasteiger partial charge in [-0.05, 0) is 41.1 Å². The van der Waals surface area contributed by atoms with Crippen LogP contribution in [0.3, 0.4) is 0 Å². The molecule has 0 amide bonds. The number of rotatable bonds is 1. The van der Waals surface area contributed by atoms with E-state index < -0.39 is 0 Å². The molecule has 0 aromatic carbocycles. The molecule has 0 saturated heterocycles. The average Bonchev–Trinajstić information content (AvgIpc) is 3.05. The fraction of sp³-hybridized carbons (Fsp3) is 0.0714. The molecule has 0 atom stereocenters. The molecule has 4 aromatic heterocycles. The predicted molar refractivity (Wildman–Crippen MR) is 80.7 cm³/mol. The van der Waals surface area contributed by atoms with E-state index in [-0.39, 0.29) is 0 Å². The zero-order chi connectivity index (χ0) is 13.0. The maximum Gasteiger partial charge on any atom is 0.148 e. The van der Waals surface area contributed by atoms with Gasteiger partial charge in [-0.25, -0.2) is 4.98 Å². The lowest BCUT2D eigenvalue weighted by Crippen LogP contribution is -1.80. The molecule has 0 N–H and O–H groups in total. The molecule has 0 bridgehead atoms. The first-order valence-corrected chi connectivity index (χ1v) is 7.44. The summed E-state index contributed by atoms with van der Waals surface area (Å²) in [6.07, 6.45) is 5.74. The van der Waals surface area contributed by atoms with Crippen LogP contribution in [0.4, 0.5) is 0 Å². The second kappa shape index (κ2) is 3.95. The van der Waals surface area contributed by atoms with Crippen molar-refractivity contribution in [3.63, 3.8) is 0 Å². The van der Waals surface area contributed by atoms with Gasteiger partial charge < -0.3 is 8.82 Å². The Kier molecular flexibility index (Phi) is 2.34. The molecule has 0 fully saturated rings. The highest BCUT2D eigenvalue weighted by Gasteiger charge is 2.12. The molecule has 4 rings (SSSR count). The Hall–Kier alpha value is -1.59. The summed E-state index contributed by atoms with van der Waals surface area (Å²) >= 11 is 5.25. The number of furan rings is 1. The molecule has 0 radical (unpaired) electrons. The maximum absolute atomic E-state index is 5.41. The van der Waals surface area contributed by atoms with Crippen LogP contribution in [-0.2, 0) is 0 Å². The average molecular weight is 333 g/mol. The number of pyridine rings is 1. The standard InChI is InChI=1S/C14H9BrN2OS/c1-8-10(6-13(15)19-8)11-7-17-4-2-12-9(3-5-18-12)14(17)16-11/h2-7H,1H3. The van der Waals surface area contributed by atoms with Crippen LogP contribution in [-0.4, -0.2) is 9.38 Å². The normalized spacial score (nSPS) is 11.7. The number of aromatic nitrogens is 2. The van der Waals surface area contributed by atoms with E-state index in [1.165, 1.54) is 10.4 Å². The van der Waals surface area contributed by atoms with Crippen molar-refractivity contribution >= 4 is 43.9 Å². The Balaban J connectivity index is 2.03. The topological polar surface area (TPSA) is 30.4 Å². The molecule has 4 aromatic rings. The first-order valence-electron chi connectivity index (χ1n) is 5.83. The number of halogens is 1. The summed E-state index contributed by atoms with van der Waals surface area (Å²) in [5.41, 5.74) is 3.97. The lowest BCUT2D eigenvalue weighted by atomic mass is 10.2. The monoisotopic (exact) mass is 332 g/mol. The number of fused-ring (bicyclic) bond motifs is 3. The van der Waals surface area contributed by atoms with Gasteiger partial charge in [-0.2, -0.15) is 0 Å². The first kappa shape index (κ1) is 11.3. The number of nitrogens with zero attached hydrogens (tertiary/aromatic N) is 2. The van der Waals surface area contributed by atoms with Crippen LogP contribution in [0.5, 0.6) is 0 Å². The van der Waals surface area contributed by atoms with E-state index in [2.05, 4.69) is 35.1 Å². The molecule has 19 heavy (non-hydrogen) atoms. The Morgan fingerprint density at radius 3 is 3.05 bits per heavy atom. The van der Waals surface area contributed by atoms with Gasteiger partial charge in [0.05, 0.1) is 21.1 Å². The lowest BCUT2D eigenvalue weighted by Gasteiger charge is -1.91. The Labute approximate surface area is 121 Å². The van der Waals surface area contributed by atoms with Crippen LogP contribution < -0.4 is 0 Å². The van der Waals surface area contributed by atoms with Crippen molar-refractivity contribution in [2.75, 3.05) is 0 Å². The summed E-state index contributed by atoms with van der Waals surface area (Å²) in [4.78, 5) is 6.01. The van der Waals surface area contributed by atoms with Gasteiger partial charge in [-0.15, -0.1) is 11.3 Å². The zero-order valence-corrected chi connectivity index (χ0v) is 12.5. The van der Waals surface area contributed by atoms with Gasteiger partial charge in [0.15, 0.2) is 0 Å². The highest BCUT2D eigenvalue weighted by molar-refractivity contribution is 9.11. The molecule has 0 aliphatic rings. The third-order valence-electron chi connectivity index (χ3n) is 3.22. The van der Waals surface area contributed by atoms with E-state index in [0.29, 0.717) is 0 Å². The van der Waals surface area contributed by atoms with E-state index in [4.69, 9.17) is 9.40 Å². The fourth-order valence-electron chi connectivity index (χ4n) is 2.32. The molecule has 0 aliphatic carbocycles. The van der Waals surface area contributed by atoms with E-state index in [0.717, 1.165) is 26.1 Å². The number of aryl methyl sites for hydroxylation is 1. The number of imidazole rings is 1. The van der Waals surface area contributed by atoms with E-state index in [9.17, 15) is 0 Å².